The van der Waals surface area contributed by atoms with Gasteiger partial charge in [0.2, 0.25) is 0 Å². The largest absolute Gasteiger partial charge is 0.456 e. The van der Waals surface area contributed by atoms with Crippen LogP contribution in [0, 0.1) is 17.3 Å². The fourth-order valence-electron chi connectivity index (χ4n) is 8.21. The number of halogens is 5. The SMILES string of the molecule is C[C@]12C[C@H](c3ccc(/C=C/c4ccccn4)cc3)C3=C4CCC(=O)C=C4CC[C@H]3[C@@H]1CC[C@@]2(O)C(F)(F)C(F)(F)F. The molecule has 1 aromatic heterocycles. The van der Waals surface area contributed by atoms with Crippen molar-refractivity contribution in [3.8, 4) is 0 Å². The number of carbonyl (C=O) groups is 1. The summed E-state index contributed by atoms with van der Waals surface area (Å²) in [6.07, 6.45) is 2.81. The molecule has 0 spiro atoms. The number of allylic oxidation sites excluding steroid dienone is 4. The van der Waals surface area contributed by atoms with Crippen LogP contribution in [-0.2, 0) is 4.79 Å². The molecule has 5 atom stereocenters. The molecule has 1 N–H and O–H groups in total. The van der Waals surface area contributed by atoms with E-state index in [1.54, 1.807) is 12.3 Å². The summed E-state index contributed by atoms with van der Waals surface area (Å²) in [4.78, 5) is 16.5. The Morgan fingerprint density at radius 2 is 1.73 bits per heavy atom. The van der Waals surface area contributed by atoms with Crippen molar-refractivity contribution < 1.29 is 31.9 Å². The van der Waals surface area contributed by atoms with Gasteiger partial charge in [0.15, 0.2) is 5.78 Å². The molecule has 41 heavy (non-hydrogen) atoms. The maximum Gasteiger partial charge on any atom is 0.456 e. The van der Waals surface area contributed by atoms with Crippen LogP contribution in [0.2, 0.25) is 0 Å². The summed E-state index contributed by atoms with van der Waals surface area (Å²) >= 11 is 0. The van der Waals surface area contributed by atoms with Crippen molar-refractivity contribution in [3.63, 3.8) is 0 Å². The minimum absolute atomic E-state index is 0.0283. The average Bonchev–Trinajstić information content (AvgIpc) is 3.23. The van der Waals surface area contributed by atoms with E-state index in [4.69, 9.17) is 0 Å². The van der Waals surface area contributed by atoms with Crippen molar-refractivity contribution in [2.24, 2.45) is 17.3 Å². The average molecular weight is 570 g/mol. The highest BCUT2D eigenvalue weighted by Crippen LogP contribution is 2.70. The molecule has 216 valence electrons. The molecule has 4 aliphatic rings. The maximum absolute atomic E-state index is 15.1. The molecule has 1 aromatic carbocycles. The van der Waals surface area contributed by atoms with Crippen LogP contribution >= 0.6 is 0 Å². The maximum atomic E-state index is 15.1. The third-order valence-electron chi connectivity index (χ3n) is 10.2. The lowest BCUT2D eigenvalue weighted by Crippen LogP contribution is -2.65. The van der Waals surface area contributed by atoms with Gasteiger partial charge in [0.1, 0.15) is 5.60 Å². The predicted molar refractivity (Wildman–Crippen MR) is 146 cm³/mol. The zero-order valence-electron chi connectivity index (χ0n) is 22.7. The van der Waals surface area contributed by atoms with E-state index in [0.29, 0.717) is 25.7 Å². The van der Waals surface area contributed by atoms with Crippen molar-refractivity contribution in [2.45, 2.75) is 75.5 Å². The summed E-state index contributed by atoms with van der Waals surface area (Å²) in [7, 11) is 0. The summed E-state index contributed by atoms with van der Waals surface area (Å²) in [6, 6.07) is 13.2. The number of alkyl halides is 5. The van der Waals surface area contributed by atoms with Gasteiger partial charge in [-0.2, -0.15) is 22.0 Å². The fourth-order valence-corrected chi connectivity index (χ4v) is 8.21. The molecule has 0 saturated heterocycles. The standard InChI is InChI=1S/C33H32F5NO2/c1-30-19-27(21-8-5-20(6-9-21)7-11-23-4-2-3-17-39-23)29-25-14-12-24(40)18-22(25)10-13-26(29)28(30)15-16-31(30,41)32(34,35)33(36,37)38/h2-9,11,17-18,26-28,41H,10,12-16,19H2,1H3/b11-7+/t26-,27+,28-,30-,31-/m0/s1. The molecule has 2 fully saturated rings. The Hall–Kier alpha value is -3.13. The van der Waals surface area contributed by atoms with Crippen molar-refractivity contribution in [1.82, 2.24) is 4.98 Å². The number of pyridine rings is 1. The molecule has 2 saturated carbocycles. The van der Waals surface area contributed by atoms with Gasteiger partial charge >= 0.3 is 12.1 Å². The summed E-state index contributed by atoms with van der Waals surface area (Å²) in [6.45, 7) is 1.44. The third-order valence-corrected chi connectivity index (χ3v) is 10.2. The first-order valence-corrected chi connectivity index (χ1v) is 14.2. The zero-order valence-corrected chi connectivity index (χ0v) is 22.7. The van der Waals surface area contributed by atoms with Gasteiger partial charge in [0.05, 0.1) is 5.69 Å². The number of aromatic nitrogens is 1. The Bertz CT molecular complexity index is 1440. The van der Waals surface area contributed by atoms with E-state index >= 15 is 8.78 Å². The second kappa shape index (κ2) is 9.72. The van der Waals surface area contributed by atoms with Crippen LogP contribution in [0.4, 0.5) is 22.0 Å². The van der Waals surface area contributed by atoms with Gasteiger partial charge in [-0.1, -0.05) is 48.9 Å². The van der Waals surface area contributed by atoms with Crippen molar-refractivity contribution >= 4 is 17.9 Å². The molecule has 0 aliphatic heterocycles. The van der Waals surface area contributed by atoms with E-state index < -0.39 is 41.4 Å². The van der Waals surface area contributed by atoms with Crippen LogP contribution in [0.15, 0.2) is 71.5 Å². The van der Waals surface area contributed by atoms with Crippen LogP contribution in [0.25, 0.3) is 12.2 Å². The Morgan fingerprint density at radius 1 is 0.976 bits per heavy atom. The van der Waals surface area contributed by atoms with Crippen molar-refractivity contribution in [2.75, 3.05) is 0 Å². The van der Waals surface area contributed by atoms with E-state index in [1.165, 1.54) is 6.92 Å². The van der Waals surface area contributed by atoms with Gasteiger partial charge in [-0.3, -0.25) is 9.78 Å². The van der Waals surface area contributed by atoms with Gasteiger partial charge in [-0.15, -0.1) is 0 Å². The quantitative estimate of drug-likeness (QED) is 0.379. The minimum atomic E-state index is -5.86. The number of benzene rings is 1. The second-order valence-electron chi connectivity index (χ2n) is 12.2. The van der Waals surface area contributed by atoms with Crippen LogP contribution in [0.5, 0.6) is 0 Å². The number of aliphatic hydroxyl groups is 1. The predicted octanol–water partition coefficient (Wildman–Crippen LogP) is 8.08. The smallest absolute Gasteiger partial charge is 0.383 e. The number of hydrogen-bond donors (Lipinski definition) is 1. The molecule has 2 aromatic rings. The number of rotatable bonds is 4. The Morgan fingerprint density at radius 3 is 2.41 bits per heavy atom. The first-order chi connectivity index (χ1) is 19.4. The number of carbonyl (C=O) groups excluding carboxylic acids is 1. The monoisotopic (exact) mass is 569 g/mol. The lowest BCUT2D eigenvalue weighted by atomic mass is 9.50. The lowest BCUT2D eigenvalue weighted by Gasteiger charge is -2.56. The molecule has 0 bridgehead atoms. The van der Waals surface area contributed by atoms with Crippen LogP contribution in [0.1, 0.15) is 74.6 Å². The zero-order chi connectivity index (χ0) is 29.2. The van der Waals surface area contributed by atoms with E-state index in [9.17, 15) is 23.1 Å². The Kier molecular flexibility index (Phi) is 6.64. The molecule has 8 heteroatoms. The molecule has 4 aliphatic carbocycles. The van der Waals surface area contributed by atoms with E-state index in [0.717, 1.165) is 33.5 Å². The molecule has 6 rings (SSSR count). The molecule has 3 nitrogen and oxygen atoms in total. The summed E-state index contributed by atoms with van der Waals surface area (Å²) in [5, 5.41) is 11.4. The molecule has 1 heterocycles. The van der Waals surface area contributed by atoms with Gasteiger partial charge in [-0.05, 0) is 96.9 Å². The van der Waals surface area contributed by atoms with Crippen LogP contribution in [0.3, 0.4) is 0 Å². The van der Waals surface area contributed by atoms with E-state index in [-0.39, 0.29) is 24.5 Å². The van der Waals surface area contributed by atoms with Gasteiger partial charge in [0, 0.05) is 24.0 Å². The molecular formula is C33H32F5NO2. The molecule has 0 unspecified atom stereocenters. The summed E-state index contributed by atoms with van der Waals surface area (Å²) in [5.74, 6) is -6.38. The Labute approximate surface area is 235 Å². The lowest BCUT2D eigenvalue weighted by molar-refractivity contribution is -0.362. The van der Waals surface area contributed by atoms with Crippen molar-refractivity contribution in [3.05, 3.63) is 88.3 Å². The highest BCUT2D eigenvalue weighted by molar-refractivity contribution is 5.93. The molecular weight excluding hydrogens is 537 g/mol. The van der Waals surface area contributed by atoms with Gasteiger partial charge in [-0.25, -0.2) is 0 Å². The normalized spacial score (nSPS) is 32.0. The van der Waals surface area contributed by atoms with E-state index in [2.05, 4.69) is 4.98 Å². The Balaban J connectivity index is 1.44. The summed E-state index contributed by atoms with van der Waals surface area (Å²) in [5.41, 5.74) is 0.716. The van der Waals surface area contributed by atoms with Gasteiger partial charge in [0.25, 0.3) is 0 Å². The van der Waals surface area contributed by atoms with Crippen LogP contribution < -0.4 is 0 Å². The first-order valence-electron chi connectivity index (χ1n) is 14.2. The first kappa shape index (κ1) is 28.0. The van der Waals surface area contributed by atoms with Gasteiger partial charge < -0.3 is 5.11 Å². The third kappa shape index (κ3) is 4.32. The molecule has 0 radical (unpaired) electrons. The second-order valence-corrected chi connectivity index (χ2v) is 12.2. The highest BCUT2D eigenvalue weighted by atomic mass is 19.4. The van der Waals surface area contributed by atoms with E-state index in [1.807, 2.05) is 54.6 Å². The van der Waals surface area contributed by atoms with Crippen molar-refractivity contribution in [1.29, 1.82) is 0 Å². The number of fused-ring (bicyclic) bond motifs is 4. The fraction of sp³-hybridized carbons (Fsp3) is 0.455. The highest BCUT2D eigenvalue weighted by Gasteiger charge is 2.79. The molecule has 0 amide bonds. The minimum Gasteiger partial charge on any atom is -0.383 e. The topological polar surface area (TPSA) is 50.2 Å². The summed E-state index contributed by atoms with van der Waals surface area (Å²) < 4.78 is 71.5. The number of nitrogens with zero attached hydrogens (tertiary/aromatic N) is 1. The van der Waals surface area contributed by atoms with Crippen LogP contribution in [-0.4, -0.2) is 33.6 Å². The number of hydrogen-bond acceptors (Lipinski definition) is 3. The number of ketones is 1.